The summed E-state index contributed by atoms with van der Waals surface area (Å²) in [4.78, 5) is 4.64. The molecule has 0 radical (unpaired) electrons. The first kappa shape index (κ1) is 40.9. The van der Waals surface area contributed by atoms with Crippen LogP contribution in [0.2, 0.25) is 0 Å². The van der Waals surface area contributed by atoms with E-state index in [2.05, 4.69) is 275 Å². The van der Waals surface area contributed by atoms with Crippen molar-refractivity contribution >= 4 is 77.9 Å². The van der Waals surface area contributed by atoms with Crippen LogP contribution in [0.4, 0.5) is 34.1 Å². The number of aromatic nitrogens is 1. The number of fused-ring (bicyclic) bond motifs is 6. The summed E-state index contributed by atoms with van der Waals surface area (Å²) in [6.45, 7) is 0. The Morgan fingerprint density at radius 2 is 0.686 bits per heavy atom. The fraction of sp³-hybridized carbons (Fsp3) is 0. The van der Waals surface area contributed by atoms with Gasteiger partial charge in [0.25, 0.3) is 0 Å². The SMILES string of the molecule is c1ccc(N(c2ccc(-c3ccc(N(c4ccccc4)c4ccc(-c5cccc6c5oc5ccccc56)cc4)cc3)cc2)c2ccc(-c3ccc4c(c3)c3ccccc3n4-c3ccccc3)cc2)cc1. The standard InChI is InChI=1S/C66H45N3O/c1-4-15-51(16-5-1)67(56-40-31-48(32-41-56)50-35-44-64-62(45-50)59-21-10-12-25-63(59)69(64)53-19-8-3-9-20-53)54-36-27-46(28-37-54)47-29-38-55(39-30-47)68(52-17-6-2-7-18-52)57-42-33-49(34-43-57)58-23-14-24-61-60-22-11-13-26-65(60)70-66(58)61/h1-45H. The predicted octanol–water partition coefficient (Wildman–Crippen LogP) is 18.6. The molecule has 13 rings (SSSR count). The topological polar surface area (TPSA) is 24.6 Å². The van der Waals surface area contributed by atoms with Crippen molar-refractivity contribution in [3.63, 3.8) is 0 Å². The molecule has 0 bridgehead atoms. The van der Waals surface area contributed by atoms with E-state index in [1.54, 1.807) is 0 Å². The molecule has 330 valence electrons. The largest absolute Gasteiger partial charge is 0.455 e. The van der Waals surface area contributed by atoms with Crippen molar-refractivity contribution in [2.75, 3.05) is 9.80 Å². The second kappa shape index (κ2) is 17.4. The normalized spacial score (nSPS) is 11.4. The van der Waals surface area contributed by atoms with Gasteiger partial charge in [0.05, 0.1) is 11.0 Å². The zero-order chi connectivity index (χ0) is 46.4. The maximum atomic E-state index is 6.39. The summed E-state index contributed by atoms with van der Waals surface area (Å²) >= 11 is 0. The van der Waals surface area contributed by atoms with Crippen LogP contribution in [0.1, 0.15) is 0 Å². The summed E-state index contributed by atoms with van der Waals surface area (Å²) in [5.74, 6) is 0. The summed E-state index contributed by atoms with van der Waals surface area (Å²) < 4.78 is 8.76. The lowest BCUT2D eigenvalue weighted by molar-refractivity contribution is 0.670. The highest BCUT2D eigenvalue weighted by atomic mass is 16.3. The van der Waals surface area contributed by atoms with Crippen LogP contribution >= 0.6 is 0 Å². The molecule has 11 aromatic carbocycles. The molecule has 0 aliphatic heterocycles. The fourth-order valence-corrected chi connectivity index (χ4v) is 10.2. The highest BCUT2D eigenvalue weighted by Crippen LogP contribution is 2.42. The smallest absolute Gasteiger partial charge is 0.143 e. The molecule has 0 spiro atoms. The van der Waals surface area contributed by atoms with E-state index in [1.165, 1.54) is 32.9 Å². The van der Waals surface area contributed by atoms with Crippen molar-refractivity contribution < 1.29 is 4.42 Å². The highest BCUT2D eigenvalue weighted by Gasteiger charge is 2.18. The Balaban J connectivity index is 0.784. The molecule has 2 heterocycles. The first-order valence-electron chi connectivity index (χ1n) is 23.8. The minimum atomic E-state index is 0.905. The Labute approximate surface area is 406 Å². The first-order valence-corrected chi connectivity index (χ1v) is 23.8. The monoisotopic (exact) mass is 895 g/mol. The molecule has 0 saturated carbocycles. The van der Waals surface area contributed by atoms with Crippen LogP contribution in [-0.4, -0.2) is 4.57 Å². The van der Waals surface area contributed by atoms with Crippen molar-refractivity contribution in [1.82, 2.24) is 4.57 Å². The second-order valence-corrected chi connectivity index (χ2v) is 17.7. The predicted molar refractivity (Wildman–Crippen MR) is 294 cm³/mol. The van der Waals surface area contributed by atoms with Crippen molar-refractivity contribution in [3.05, 3.63) is 273 Å². The van der Waals surface area contributed by atoms with Crippen LogP contribution in [-0.2, 0) is 0 Å². The molecule has 13 aromatic rings. The lowest BCUT2D eigenvalue weighted by atomic mass is 10.0. The minimum absolute atomic E-state index is 0.905. The lowest BCUT2D eigenvalue weighted by Crippen LogP contribution is -2.10. The molecular formula is C66H45N3O. The molecule has 0 atom stereocenters. The van der Waals surface area contributed by atoms with Crippen LogP contribution in [0.15, 0.2) is 277 Å². The Kier molecular flexibility index (Phi) is 10.1. The van der Waals surface area contributed by atoms with Gasteiger partial charge >= 0.3 is 0 Å². The van der Waals surface area contributed by atoms with Crippen LogP contribution in [0.25, 0.3) is 82.8 Å². The van der Waals surface area contributed by atoms with Gasteiger partial charge in [-0.05, 0) is 137 Å². The number of anilines is 6. The van der Waals surface area contributed by atoms with Crippen LogP contribution < -0.4 is 9.80 Å². The summed E-state index contributed by atoms with van der Waals surface area (Å²) in [6.07, 6.45) is 0. The minimum Gasteiger partial charge on any atom is -0.455 e. The molecule has 0 amide bonds. The van der Waals surface area contributed by atoms with E-state index >= 15 is 0 Å². The molecule has 0 aliphatic carbocycles. The third kappa shape index (κ3) is 7.27. The molecule has 0 N–H and O–H groups in total. The van der Waals surface area contributed by atoms with E-state index in [4.69, 9.17) is 4.42 Å². The van der Waals surface area contributed by atoms with Crippen LogP contribution in [0.5, 0.6) is 0 Å². The Morgan fingerprint density at radius 1 is 0.271 bits per heavy atom. The van der Waals surface area contributed by atoms with Crippen molar-refractivity contribution in [2.45, 2.75) is 0 Å². The summed E-state index contributed by atoms with van der Waals surface area (Å²) in [5.41, 5.74) is 18.8. The third-order valence-electron chi connectivity index (χ3n) is 13.6. The molecule has 4 heteroatoms. The molecule has 70 heavy (non-hydrogen) atoms. The molecule has 0 saturated heterocycles. The lowest BCUT2D eigenvalue weighted by Gasteiger charge is -2.26. The van der Waals surface area contributed by atoms with Crippen molar-refractivity contribution in [3.8, 4) is 39.1 Å². The van der Waals surface area contributed by atoms with Gasteiger partial charge in [0.1, 0.15) is 11.2 Å². The Hall–Kier alpha value is -9.38. The molecule has 0 aliphatic rings. The van der Waals surface area contributed by atoms with Gasteiger partial charge < -0.3 is 18.8 Å². The van der Waals surface area contributed by atoms with Gasteiger partial charge in [-0.15, -0.1) is 0 Å². The maximum absolute atomic E-state index is 6.39. The average molecular weight is 896 g/mol. The average Bonchev–Trinajstić information content (AvgIpc) is 3.99. The number of rotatable bonds is 10. The fourth-order valence-electron chi connectivity index (χ4n) is 10.2. The number of furan rings is 1. The number of para-hydroxylation sites is 6. The number of hydrogen-bond acceptors (Lipinski definition) is 3. The maximum Gasteiger partial charge on any atom is 0.143 e. The van der Waals surface area contributed by atoms with Gasteiger partial charge in [0, 0.05) is 66.9 Å². The van der Waals surface area contributed by atoms with E-state index in [0.717, 1.165) is 84.0 Å². The Morgan fingerprint density at radius 3 is 1.26 bits per heavy atom. The highest BCUT2D eigenvalue weighted by molar-refractivity contribution is 6.11. The second-order valence-electron chi connectivity index (χ2n) is 17.7. The van der Waals surface area contributed by atoms with Crippen molar-refractivity contribution in [2.24, 2.45) is 0 Å². The molecular weight excluding hydrogens is 851 g/mol. The van der Waals surface area contributed by atoms with E-state index in [-0.39, 0.29) is 0 Å². The van der Waals surface area contributed by atoms with Crippen LogP contribution in [0.3, 0.4) is 0 Å². The number of nitrogens with zero attached hydrogens (tertiary/aromatic N) is 3. The zero-order valence-corrected chi connectivity index (χ0v) is 38.2. The molecule has 0 unspecified atom stereocenters. The van der Waals surface area contributed by atoms with Gasteiger partial charge in [0.2, 0.25) is 0 Å². The van der Waals surface area contributed by atoms with Crippen molar-refractivity contribution in [1.29, 1.82) is 0 Å². The van der Waals surface area contributed by atoms with E-state index in [1.807, 2.05) is 12.1 Å². The quantitative estimate of drug-likeness (QED) is 0.137. The van der Waals surface area contributed by atoms with Gasteiger partial charge in [-0.1, -0.05) is 164 Å². The van der Waals surface area contributed by atoms with E-state index < -0.39 is 0 Å². The van der Waals surface area contributed by atoms with E-state index in [9.17, 15) is 0 Å². The summed E-state index contributed by atoms with van der Waals surface area (Å²) in [7, 11) is 0. The van der Waals surface area contributed by atoms with Gasteiger partial charge in [-0.25, -0.2) is 0 Å². The van der Waals surface area contributed by atoms with Crippen LogP contribution in [0, 0.1) is 0 Å². The summed E-state index contributed by atoms with van der Waals surface area (Å²) in [6, 6.07) is 97.6. The van der Waals surface area contributed by atoms with Gasteiger partial charge in [-0.2, -0.15) is 0 Å². The zero-order valence-electron chi connectivity index (χ0n) is 38.2. The third-order valence-corrected chi connectivity index (χ3v) is 13.6. The van der Waals surface area contributed by atoms with E-state index in [0.29, 0.717) is 0 Å². The molecule has 2 aromatic heterocycles. The first-order chi connectivity index (χ1) is 34.7. The molecule has 4 nitrogen and oxygen atoms in total. The molecule has 0 fully saturated rings. The van der Waals surface area contributed by atoms with Gasteiger partial charge in [-0.3, -0.25) is 0 Å². The number of hydrogen-bond donors (Lipinski definition) is 0. The van der Waals surface area contributed by atoms with Gasteiger partial charge in [0.15, 0.2) is 0 Å². The number of benzene rings is 11. The Bertz CT molecular complexity index is 3950. The summed E-state index contributed by atoms with van der Waals surface area (Å²) in [5, 5.41) is 4.76.